The number of hydrogen-bond donors (Lipinski definition) is 0. The summed E-state index contributed by atoms with van der Waals surface area (Å²) in [5.74, 6) is 0.963. The van der Waals surface area contributed by atoms with E-state index >= 15 is 0 Å². The van der Waals surface area contributed by atoms with Gasteiger partial charge in [-0.3, -0.25) is 4.98 Å². The quantitative estimate of drug-likeness (QED) is 0.714. The molecule has 3 rings (SSSR count). The third kappa shape index (κ3) is 1.27. The molecule has 78 valence electrons. The number of ether oxygens (including phenoxy) is 1. The molecule has 2 aromatic heterocycles. The fourth-order valence-electron chi connectivity index (χ4n) is 2.13. The maximum absolute atomic E-state index is 5.82. The monoisotopic (exact) mass is 203 g/mol. The lowest BCUT2D eigenvalue weighted by Crippen LogP contribution is -2.07. The summed E-state index contributed by atoms with van der Waals surface area (Å²) in [5, 5.41) is 0. The summed E-state index contributed by atoms with van der Waals surface area (Å²) in [6, 6.07) is 2.03. The largest absolute Gasteiger partial charge is 0.456 e. The molecule has 0 bridgehead atoms. The zero-order valence-electron chi connectivity index (χ0n) is 8.75. The van der Waals surface area contributed by atoms with Crippen LogP contribution in [0.15, 0.2) is 16.7 Å². The highest BCUT2D eigenvalue weighted by molar-refractivity contribution is 5.81. The van der Waals surface area contributed by atoms with E-state index in [1.54, 1.807) is 0 Å². The minimum absolute atomic E-state index is 0.592. The predicted molar refractivity (Wildman–Crippen MR) is 56.7 cm³/mol. The van der Waals surface area contributed by atoms with E-state index in [2.05, 4.69) is 11.9 Å². The van der Waals surface area contributed by atoms with Crippen molar-refractivity contribution in [3.63, 3.8) is 0 Å². The van der Waals surface area contributed by atoms with Crippen molar-refractivity contribution in [2.24, 2.45) is 0 Å². The summed E-state index contributed by atoms with van der Waals surface area (Å²) in [6.45, 7) is 3.50. The van der Waals surface area contributed by atoms with Crippen LogP contribution in [-0.2, 0) is 24.2 Å². The van der Waals surface area contributed by atoms with Gasteiger partial charge in [-0.2, -0.15) is 0 Å². The molecule has 0 unspecified atom stereocenters. The Labute approximate surface area is 88.1 Å². The Bertz CT molecular complexity index is 502. The Balaban J connectivity index is 2.31. The van der Waals surface area contributed by atoms with E-state index in [9.17, 15) is 0 Å². The maximum Gasteiger partial charge on any atom is 0.156 e. The molecule has 0 fully saturated rings. The first-order valence-corrected chi connectivity index (χ1v) is 5.36. The van der Waals surface area contributed by atoms with Gasteiger partial charge in [0.05, 0.1) is 6.61 Å². The van der Waals surface area contributed by atoms with E-state index in [4.69, 9.17) is 9.15 Å². The molecular weight excluding hydrogens is 190 g/mol. The lowest BCUT2D eigenvalue weighted by Gasteiger charge is -2.09. The molecule has 1 aliphatic heterocycles. The number of furan rings is 1. The highest BCUT2D eigenvalue weighted by Crippen LogP contribution is 2.30. The second-order valence-electron chi connectivity index (χ2n) is 3.81. The Morgan fingerprint density at radius 2 is 2.40 bits per heavy atom. The predicted octanol–water partition coefficient (Wildman–Crippen LogP) is 2.46. The van der Waals surface area contributed by atoms with Gasteiger partial charge in [0, 0.05) is 18.2 Å². The van der Waals surface area contributed by atoms with Gasteiger partial charge >= 0.3 is 0 Å². The van der Waals surface area contributed by atoms with E-state index < -0.39 is 0 Å². The normalized spacial score (nSPS) is 15.5. The van der Waals surface area contributed by atoms with Crippen molar-refractivity contribution in [3.05, 3.63) is 29.2 Å². The van der Waals surface area contributed by atoms with Gasteiger partial charge in [-0.25, -0.2) is 0 Å². The number of nitrogens with zero attached hydrogens (tertiary/aromatic N) is 1. The van der Waals surface area contributed by atoms with E-state index in [0.717, 1.165) is 36.3 Å². The van der Waals surface area contributed by atoms with Gasteiger partial charge in [-0.1, -0.05) is 6.92 Å². The summed E-state index contributed by atoms with van der Waals surface area (Å²) < 4.78 is 11.2. The first-order chi connectivity index (χ1) is 7.40. The number of hydrogen-bond acceptors (Lipinski definition) is 3. The van der Waals surface area contributed by atoms with Gasteiger partial charge in [0.25, 0.3) is 0 Å². The molecule has 3 heteroatoms. The third-order valence-corrected chi connectivity index (χ3v) is 2.94. The van der Waals surface area contributed by atoms with Gasteiger partial charge in [0.2, 0.25) is 0 Å². The Kier molecular flexibility index (Phi) is 1.99. The standard InChI is InChI=1S/C12H13NO2/c1-2-8-3-5-13-11-9-4-6-14-7-10(9)15-12(8)11/h3,5H,2,4,6-7H2,1H3. The molecule has 0 atom stereocenters. The van der Waals surface area contributed by atoms with Gasteiger partial charge in [0.1, 0.15) is 17.9 Å². The molecule has 0 N–H and O–H groups in total. The molecule has 1 aliphatic rings. The average molecular weight is 203 g/mol. The van der Waals surface area contributed by atoms with Crippen LogP contribution in [0.4, 0.5) is 0 Å². The highest BCUT2D eigenvalue weighted by Gasteiger charge is 2.20. The van der Waals surface area contributed by atoms with Crippen molar-refractivity contribution >= 4 is 11.1 Å². The van der Waals surface area contributed by atoms with E-state index in [-0.39, 0.29) is 0 Å². The smallest absolute Gasteiger partial charge is 0.156 e. The average Bonchev–Trinajstić information content (AvgIpc) is 2.67. The highest BCUT2D eigenvalue weighted by atomic mass is 16.5. The minimum atomic E-state index is 0.592. The van der Waals surface area contributed by atoms with Crippen LogP contribution in [-0.4, -0.2) is 11.6 Å². The molecule has 0 saturated heterocycles. The summed E-state index contributed by atoms with van der Waals surface area (Å²) >= 11 is 0. The SMILES string of the molecule is CCc1ccnc2c3c(oc12)COCC3. The van der Waals surface area contributed by atoms with Crippen molar-refractivity contribution in [2.75, 3.05) is 6.61 Å². The topological polar surface area (TPSA) is 35.3 Å². The van der Waals surface area contributed by atoms with E-state index in [0.29, 0.717) is 6.61 Å². The number of aromatic nitrogens is 1. The summed E-state index contributed by atoms with van der Waals surface area (Å²) in [5.41, 5.74) is 4.46. The Hall–Kier alpha value is -1.35. The van der Waals surface area contributed by atoms with Crippen LogP contribution >= 0.6 is 0 Å². The summed E-state index contributed by atoms with van der Waals surface area (Å²) in [6.07, 6.45) is 3.77. The van der Waals surface area contributed by atoms with Crippen molar-refractivity contribution in [2.45, 2.75) is 26.4 Å². The van der Waals surface area contributed by atoms with Crippen LogP contribution in [0.1, 0.15) is 23.8 Å². The molecule has 2 aromatic rings. The molecule has 0 aromatic carbocycles. The van der Waals surface area contributed by atoms with Gasteiger partial charge in [0.15, 0.2) is 5.58 Å². The van der Waals surface area contributed by atoms with Crippen LogP contribution in [0, 0.1) is 0 Å². The molecule has 0 saturated carbocycles. The fourth-order valence-corrected chi connectivity index (χ4v) is 2.13. The van der Waals surface area contributed by atoms with Crippen molar-refractivity contribution < 1.29 is 9.15 Å². The molecule has 0 spiro atoms. The summed E-state index contributed by atoms with van der Waals surface area (Å²) in [4.78, 5) is 4.41. The van der Waals surface area contributed by atoms with Gasteiger partial charge < -0.3 is 9.15 Å². The molecule has 3 nitrogen and oxygen atoms in total. The first kappa shape index (κ1) is 8.92. The third-order valence-electron chi connectivity index (χ3n) is 2.94. The van der Waals surface area contributed by atoms with Crippen LogP contribution in [0.3, 0.4) is 0 Å². The molecule has 0 aliphatic carbocycles. The second kappa shape index (κ2) is 3.35. The van der Waals surface area contributed by atoms with E-state index in [1.807, 2.05) is 12.3 Å². The Morgan fingerprint density at radius 1 is 1.47 bits per heavy atom. The molecule has 0 radical (unpaired) electrons. The number of aryl methyl sites for hydroxylation is 1. The van der Waals surface area contributed by atoms with Crippen LogP contribution in [0.25, 0.3) is 11.1 Å². The van der Waals surface area contributed by atoms with Gasteiger partial charge in [-0.05, 0) is 18.1 Å². The molecule has 0 amide bonds. The maximum atomic E-state index is 5.82. The molecule has 3 heterocycles. The fraction of sp³-hybridized carbons (Fsp3) is 0.417. The molecular formula is C12H13NO2. The first-order valence-electron chi connectivity index (χ1n) is 5.36. The zero-order chi connectivity index (χ0) is 10.3. The lowest BCUT2D eigenvalue weighted by molar-refractivity contribution is 0.0953. The number of rotatable bonds is 1. The zero-order valence-corrected chi connectivity index (χ0v) is 8.75. The minimum Gasteiger partial charge on any atom is -0.456 e. The van der Waals surface area contributed by atoms with E-state index in [1.165, 1.54) is 11.1 Å². The van der Waals surface area contributed by atoms with Crippen molar-refractivity contribution in [3.8, 4) is 0 Å². The number of pyridine rings is 1. The van der Waals surface area contributed by atoms with Gasteiger partial charge in [-0.15, -0.1) is 0 Å². The Morgan fingerprint density at radius 3 is 3.27 bits per heavy atom. The lowest BCUT2D eigenvalue weighted by atomic mass is 10.1. The van der Waals surface area contributed by atoms with Crippen LogP contribution in [0.2, 0.25) is 0 Å². The van der Waals surface area contributed by atoms with Crippen LogP contribution in [0.5, 0.6) is 0 Å². The van der Waals surface area contributed by atoms with Crippen LogP contribution < -0.4 is 0 Å². The summed E-state index contributed by atoms with van der Waals surface area (Å²) in [7, 11) is 0. The number of fused-ring (bicyclic) bond motifs is 3. The van der Waals surface area contributed by atoms with Crippen molar-refractivity contribution in [1.82, 2.24) is 4.98 Å². The van der Waals surface area contributed by atoms with Crippen molar-refractivity contribution in [1.29, 1.82) is 0 Å². The molecule has 15 heavy (non-hydrogen) atoms. The second-order valence-corrected chi connectivity index (χ2v) is 3.81.